The number of amides is 1. The molecule has 9 nitrogen and oxygen atoms in total. The van der Waals surface area contributed by atoms with Crippen molar-refractivity contribution in [3.05, 3.63) is 17.9 Å². The van der Waals surface area contributed by atoms with Gasteiger partial charge in [0.2, 0.25) is 5.09 Å². The third-order valence-corrected chi connectivity index (χ3v) is 3.97. The van der Waals surface area contributed by atoms with E-state index in [-0.39, 0.29) is 5.76 Å². The maximum absolute atomic E-state index is 11.7. The molecule has 112 valence electrons. The van der Waals surface area contributed by atoms with Gasteiger partial charge in [-0.1, -0.05) is 0 Å². The van der Waals surface area contributed by atoms with Crippen molar-refractivity contribution in [1.29, 1.82) is 0 Å². The van der Waals surface area contributed by atoms with Crippen LogP contribution in [0.4, 0.5) is 0 Å². The number of hydrogen-bond donors (Lipinski definition) is 3. The number of aliphatic hydroxyl groups excluding tert-OH is 1. The largest absolute Gasteiger partial charge is 0.479 e. The number of nitrogens with zero attached hydrogens (tertiary/aromatic N) is 1. The highest BCUT2D eigenvalue weighted by atomic mass is 32.2. The lowest BCUT2D eigenvalue weighted by Gasteiger charge is -2.08. The first kappa shape index (κ1) is 16.1. The summed E-state index contributed by atoms with van der Waals surface area (Å²) >= 11 is 0. The van der Waals surface area contributed by atoms with E-state index in [2.05, 4.69) is 5.32 Å². The highest BCUT2D eigenvalue weighted by Crippen LogP contribution is 2.16. The summed E-state index contributed by atoms with van der Waals surface area (Å²) in [5.41, 5.74) is 0. The zero-order chi connectivity index (χ0) is 15.5. The number of carbonyl (C=O) groups is 2. The smallest absolute Gasteiger partial charge is 0.334 e. The van der Waals surface area contributed by atoms with Crippen LogP contribution in [-0.2, 0) is 14.8 Å². The normalized spacial score (nSPS) is 13.2. The molecule has 0 spiro atoms. The summed E-state index contributed by atoms with van der Waals surface area (Å²) in [5, 5.41) is 19.1. The van der Waals surface area contributed by atoms with Gasteiger partial charge in [0.25, 0.3) is 15.9 Å². The number of hydrogen-bond acceptors (Lipinski definition) is 6. The molecule has 0 radical (unpaired) electrons. The number of carboxylic acids is 1. The summed E-state index contributed by atoms with van der Waals surface area (Å²) in [6, 6.07) is 2.25. The molecule has 1 aromatic heterocycles. The topological polar surface area (TPSA) is 137 Å². The van der Waals surface area contributed by atoms with E-state index in [1.54, 1.807) is 0 Å². The molecule has 0 aromatic carbocycles. The Morgan fingerprint density at radius 2 is 2.00 bits per heavy atom. The van der Waals surface area contributed by atoms with E-state index in [0.717, 1.165) is 16.4 Å². The van der Waals surface area contributed by atoms with Crippen LogP contribution in [0.2, 0.25) is 0 Å². The minimum atomic E-state index is -3.79. The van der Waals surface area contributed by atoms with Crippen molar-refractivity contribution >= 4 is 21.9 Å². The second-order valence-corrected chi connectivity index (χ2v) is 6.05. The minimum Gasteiger partial charge on any atom is -0.479 e. The van der Waals surface area contributed by atoms with Crippen LogP contribution >= 0.6 is 0 Å². The number of furan rings is 1. The molecule has 1 rings (SSSR count). The van der Waals surface area contributed by atoms with Gasteiger partial charge in [-0.25, -0.2) is 17.5 Å². The molecule has 1 amide bonds. The van der Waals surface area contributed by atoms with Crippen molar-refractivity contribution in [3.8, 4) is 0 Å². The molecule has 0 aliphatic carbocycles. The SMILES string of the molecule is CN(C)S(=O)(=O)c1ccc(C(=O)NC[C@H](O)C(=O)O)o1. The first-order valence-corrected chi connectivity index (χ1v) is 6.81. The fourth-order valence-electron chi connectivity index (χ4n) is 1.12. The van der Waals surface area contributed by atoms with E-state index < -0.39 is 39.6 Å². The van der Waals surface area contributed by atoms with Gasteiger partial charge < -0.3 is 19.9 Å². The highest BCUT2D eigenvalue weighted by Gasteiger charge is 2.24. The Labute approximate surface area is 114 Å². The second kappa shape index (κ2) is 6.03. The molecule has 0 bridgehead atoms. The van der Waals surface area contributed by atoms with Crippen LogP contribution in [0.25, 0.3) is 0 Å². The number of sulfonamides is 1. The number of nitrogens with one attached hydrogen (secondary N) is 1. The van der Waals surface area contributed by atoms with Gasteiger partial charge in [-0.05, 0) is 12.1 Å². The predicted molar refractivity (Wildman–Crippen MR) is 65.6 cm³/mol. The molecule has 0 fully saturated rings. The Hall–Kier alpha value is -1.91. The van der Waals surface area contributed by atoms with Crippen LogP contribution in [0.1, 0.15) is 10.6 Å². The van der Waals surface area contributed by atoms with E-state index in [9.17, 15) is 18.0 Å². The van der Waals surface area contributed by atoms with Crippen LogP contribution in [0.3, 0.4) is 0 Å². The van der Waals surface area contributed by atoms with Gasteiger partial charge in [0.05, 0.1) is 6.54 Å². The van der Waals surface area contributed by atoms with Crippen molar-refractivity contribution in [3.63, 3.8) is 0 Å². The van der Waals surface area contributed by atoms with Crippen LogP contribution < -0.4 is 5.32 Å². The Morgan fingerprint density at radius 3 is 2.50 bits per heavy atom. The quantitative estimate of drug-likeness (QED) is 0.594. The Bertz CT molecular complexity index is 605. The third kappa shape index (κ3) is 3.56. The first-order valence-electron chi connectivity index (χ1n) is 5.37. The second-order valence-electron chi connectivity index (χ2n) is 3.97. The van der Waals surface area contributed by atoms with Crippen LogP contribution in [-0.4, -0.2) is 61.6 Å². The van der Waals surface area contributed by atoms with E-state index in [1.165, 1.54) is 14.1 Å². The number of carboxylic acid groups (broad SMARTS) is 1. The van der Waals surface area contributed by atoms with Gasteiger partial charge >= 0.3 is 5.97 Å². The number of aliphatic carboxylic acids is 1. The van der Waals surface area contributed by atoms with Gasteiger partial charge in [0, 0.05) is 14.1 Å². The van der Waals surface area contributed by atoms with Crippen LogP contribution in [0, 0.1) is 0 Å². The standard InChI is InChI=1S/C10H14N2O7S/c1-12(2)20(17,18)8-4-3-7(19-8)9(14)11-5-6(13)10(15)16/h3-4,6,13H,5H2,1-2H3,(H,11,14)(H,15,16)/t6-/m0/s1. The molecule has 0 saturated carbocycles. The van der Waals surface area contributed by atoms with Gasteiger partial charge in [-0.2, -0.15) is 0 Å². The van der Waals surface area contributed by atoms with Crippen molar-refractivity contribution in [1.82, 2.24) is 9.62 Å². The Kier molecular flexibility index (Phi) is 4.87. The molecule has 10 heteroatoms. The minimum absolute atomic E-state index is 0.303. The number of aliphatic hydroxyl groups is 1. The van der Waals surface area contributed by atoms with Crippen molar-refractivity contribution in [2.75, 3.05) is 20.6 Å². The highest BCUT2D eigenvalue weighted by molar-refractivity contribution is 7.88. The van der Waals surface area contributed by atoms with Gasteiger partial charge in [0.15, 0.2) is 11.9 Å². The van der Waals surface area contributed by atoms with Crippen molar-refractivity contribution < 1.29 is 32.6 Å². The Morgan fingerprint density at radius 1 is 1.40 bits per heavy atom. The molecule has 20 heavy (non-hydrogen) atoms. The summed E-state index contributed by atoms with van der Waals surface area (Å²) in [5.74, 6) is -2.62. The van der Waals surface area contributed by atoms with Crippen LogP contribution in [0.5, 0.6) is 0 Å². The Balaban J connectivity index is 2.78. The third-order valence-electron chi connectivity index (χ3n) is 2.28. The zero-order valence-corrected chi connectivity index (χ0v) is 11.5. The van der Waals surface area contributed by atoms with E-state index in [4.69, 9.17) is 14.6 Å². The molecule has 1 aromatic rings. The molecule has 1 heterocycles. The molecule has 1 atom stereocenters. The van der Waals surface area contributed by atoms with Gasteiger partial charge in [0.1, 0.15) is 0 Å². The summed E-state index contributed by atoms with van der Waals surface area (Å²) in [7, 11) is -1.18. The summed E-state index contributed by atoms with van der Waals surface area (Å²) < 4.78 is 29.2. The zero-order valence-electron chi connectivity index (χ0n) is 10.7. The maximum atomic E-state index is 11.7. The summed E-state index contributed by atoms with van der Waals surface area (Å²) in [6.07, 6.45) is -1.75. The van der Waals surface area contributed by atoms with Crippen molar-refractivity contribution in [2.24, 2.45) is 0 Å². The fraction of sp³-hybridized carbons (Fsp3) is 0.400. The fourth-order valence-corrected chi connectivity index (χ4v) is 1.92. The maximum Gasteiger partial charge on any atom is 0.334 e. The predicted octanol–water partition coefficient (Wildman–Crippen LogP) is -1.29. The van der Waals surface area contributed by atoms with E-state index in [1.807, 2.05) is 0 Å². The van der Waals surface area contributed by atoms with Gasteiger partial charge in [-0.15, -0.1) is 0 Å². The molecular formula is C10H14N2O7S. The number of carbonyl (C=O) groups excluding carboxylic acids is 1. The monoisotopic (exact) mass is 306 g/mol. The van der Waals surface area contributed by atoms with Crippen LogP contribution in [0.15, 0.2) is 21.6 Å². The lowest BCUT2D eigenvalue weighted by Crippen LogP contribution is -2.36. The van der Waals surface area contributed by atoms with Gasteiger partial charge in [-0.3, -0.25) is 4.79 Å². The van der Waals surface area contributed by atoms with E-state index >= 15 is 0 Å². The van der Waals surface area contributed by atoms with E-state index in [0.29, 0.717) is 0 Å². The summed E-state index contributed by atoms with van der Waals surface area (Å²) in [4.78, 5) is 21.9. The lowest BCUT2D eigenvalue weighted by atomic mass is 10.3. The average Bonchev–Trinajstić information content (AvgIpc) is 2.85. The lowest BCUT2D eigenvalue weighted by molar-refractivity contribution is -0.146. The molecular weight excluding hydrogens is 292 g/mol. The number of rotatable bonds is 6. The molecule has 0 aliphatic rings. The first-order chi connectivity index (χ1) is 9.16. The molecule has 0 saturated heterocycles. The molecule has 0 unspecified atom stereocenters. The average molecular weight is 306 g/mol. The van der Waals surface area contributed by atoms with Crippen molar-refractivity contribution in [2.45, 2.75) is 11.2 Å². The molecule has 0 aliphatic heterocycles. The molecule has 3 N–H and O–H groups in total. The summed E-state index contributed by atoms with van der Waals surface area (Å²) in [6.45, 7) is -0.523.